The van der Waals surface area contributed by atoms with Crippen LogP contribution in [-0.4, -0.2) is 35.6 Å². The second-order valence-corrected chi connectivity index (χ2v) is 7.88. The molecular formula is C25H17ClF3N3O4. The number of methoxy groups -OCH3 is 1. The van der Waals surface area contributed by atoms with Gasteiger partial charge in [0.25, 0.3) is 5.56 Å². The van der Waals surface area contributed by atoms with Crippen molar-refractivity contribution in [2.45, 2.75) is 6.18 Å². The Balaban J connectivity index is 1.87. The number of esters is 1. The van der Waals surface area contributed by atoms with Crippen molar-refractivity contribution in [2.75, 3.05) is 13.7 Å². The van der Waals surface area contributed by atoms with Crippen LogP contribution < -0.4 is 10.3 Å². The van der Waals surface area contributed by atoms with Gasteiger partial charge < -0.3 is 9.47 Å². The maximum absolute atomic E-state index is 13.3. The van der Waals surface area contributed by atoms with Gasteiger partial charge in [0.05, 0.1) is 29.8 Å². The van der Waals surface area contributed by atoms with E-state index in [4.69, 9.17) is 16.3 Å². The van der Waals surface area contributed by atoms with Gasteiger partial charge in [-0.05, 0) is 42.5 Å². The number of alkyl halides is 3. The topological polar surface area (TPSA) is 82.8 Å². The van der Waals surface area contributed by atoms with Crippen LogP contribution in [-0.2, 0) is 15.7 Å². The minimum atomic E-state index is -4.59. The highest BCUT2D eigenvalue weighted by molar-refractivity contribution is 6.30. The van der Waals surface area contributed by atoms with Gasteiger partial charge in [-0.15, -0.1) is 0 Å². The first kappa shape index (κ1) is 24.9. The molecule has 36 heavy (non-hydrogen) atoms. The third-order valence-electron chi connectivity index (χ3n) is 5.06. The molecule has 0 spiro atoms. The number of rotatable bonds is 6. The standard InChI is InChI=1S/C25H17ClF3N3O4/c1-35-22(33)14-36-21-10-9-18(26)12-16(21)13-30-32-23(15-5-4-6-17(11-15)25(27,28)29)31-20-8-3-2-7-19(20)24(32)34/h2-13H,14H2,1H3. The number of carbonyl (C=O) groups excluding carboxylic acids is 1. The highest BCUT2D eigenvalue weighted by atomic mass is 35.5. The molecule has 7 nitrogen and oxygen atoms in total. The van der Waals surface area contributed by atoms with Crippen molar-refractivity contribution < 1.29 is 27.4 Å². The second kappa shape index (κ2) is 10.2. The molecule has 0 N–H and O–H groups in total. The Kier molecular flexibility index (Phi) is 7.07. The van der Waals surface area contributed by atoms with E-state index >= 15 is 0 Å². The van der Waals surface area contributed by atoms with Gasteiger partial charge in [-0.3, -0.25) is 4.79 Å². The molecule has 0 amide bonds. The Morgan fingerprint density at radius 2 is 1.89 bits per heavy atom. The Bertz CT molecular complexity index is 1530. The molecule has 0 atom stereocenters. The molecule has 184 valence electrons. The number of nitrogens with zero attached hydrogens (tertiary/aromatic N) is 3. The van der Waals surface area contributed by atoms with E-state index in [0.717, 1.165) is 16.8 Å². The molecule has 1 aromatic heterocycles. The molecule has 4 aromatic rings. The van der Waals surface area contributed by atoms with Crippen LogP contribution in [0.25, 0.3) is 22.3 Å². The first-order valence-corrected chi connectivity index (χ1v) is 10.8. The number of ether oxygens (including phenoxy) is 2. The van der Waals surface area contributed by atoms with Crippen LogP contribution in [0.15, 0.2) is 76.6 Å². The van der Waals surface area contributed by atoms with E-state index in [1.807, 2.05) is 0 Å². The average Bonchev–Trinajstić information content (AvgIpc) is 2.87. The molecule has 1 heterocycles. The van der Waals surface area contributed by atoms with Crippen LogP contribution >= 0.6 is 11.6 Å². The minimum absolute atomic E-state index is 0.0399. The van der Waals surface area contributed by atoms with E-state index in [1.54, 1.807) is 18.2 Å². The van der Waals surface area contributed by atoms with Gasteiger partial charge in [-0.2, -0.15) is 22.9 Å². The van der Waals surface area contributed by atoms with Gasteiger partial charge in [0.1, 0.15) is 5.75 Å². The summed E-state index contributed by atoms with van der Waals surface area (Å²) >= 11 is 6.09. The van der Waals surface area contributed by atoms with Gasteiger partial charge >= 0.3 is 12.1 Å². The van der Waals surface area contributed by atoms with E-state index in [-0.39, 0.29) is 29.1 Å². The van der Waals surface area contributed by atoms with E-state index in [9.17, 15) is 22.8 Å². The number of hydrogen-bond donors (Lipinski definition) is 0. The lowest BCUT2D eigenvalue weighted by atomic mass is 10.1. The number of hydrogen-bond acceptors (Lipinski definition) is 6. The SMILES string of the molecule is COC(=O)COc1ccc(Cl)cc1C=Nn1c(-c2cccc(C(F)(F)F)c2)nc2ccccc2c1=O. The molecule has 0 saturated carbocycles. The highest BCUT2D eigenvalue weighted by Gasteiger charge is 2.31. The maximum atomic E-state index is 13.3. The number of aromatic nitrogens is 2. The van der Waals surface area contributed by atoms with E-state index in [2.05, 4.69) is 14.8 Å². The van der Waals surface area contributed by atoms with Crippen molar-refractivity contribution in [3.63, 3.8) is 0 Å². The number of benzene rings is 3. The number of para-hydroxylation sites is 1. The molecule has 0 saturated heterocycles. The predicted octanol–water partition coefficient (Wildman–Crippen LogP) is 5.17. The molecular weight excluding hydrogens is 499 g/mol. The molecule has 0 aliphatic rings. The predicted molar refractivity (Wildman–Crippen MR) is 128 cm³/mol. The lowest BCUT2D eigenvalue weighted by Gasteiger charge is -2.12. The van der Waals surface area contributed by atoms with Crippen LogP contribution in [0, 0.1) is 0 Å². The minimum Gasteiger partial charge on any atom is -0.481 e. The number of halogens is 4. The fraction of sp³-hybridized carbons (Fsp3) is 0.120. The summed E-state index contributed by atoms with van der Waals surface area (Å²) in [6.07, 6.45) is -3.35. The molecule has 11 heteroatoms. The molecule has 4 rings (SSSR count). The fourth-order valence-corrected chi connectivity index (χ4v) is 3.50. The molecule has 0 bridgehead atoms. The van der Waals surface area contributed by atoms with Gasteiger partial charge in [-0.1, -0.05) is 35.9 Å². The van der Waals surface area contributed by atoms with Crippen LogP contribution in [0.4, 0.5) is 13.2 Å². The van der Waals surface area contributed by atoms with Gasteiger partial charge in [0.2, 0.25) is 0 Å². The molecule has 0 aliphatic carbocycles. The highest BCUT2D eigenvalue weighted by Crippen LogP contribution is 2.32. The molecule has 3 aromatic carbocycles. The molecule has 0 fully saturated rings. The third-order valence-corrected chi connectivity index (χ3v) is 5.29. The first-order chi connectivity index (χ1) is 17.2. The van der Waals surface area contributed by atoms with Crippen LogP contribution in [0.3, 0.4) is 0 Å². The van der Waals surface area contributed by atoms with Crippen molar-refractivity contribution in [1.29, 1.82) is 0 Å². The summed E-state index contributed by atoms with van der Waals surface area (Å²) in [6, 6.07) is 15.4. The van der Waals surface area contributed by atoms with Crippen LogP contribution in [0.5, 0.6) is 5.75 Å². The van der Waals surface area contributed by atoms with Gasteiger partial charge in [0, 0.05) is 16.1 Å². The lowest BCUT2D eigenvalue weighted by molar-refractivity contribution is -0.143. The number of fused-ring (bicyclic) bond motifs is 1. The second-order valence-electron chi connectivity index (χ2n) is 7.44. The van der Waals surface area contributed by atoms with E-state index in [0.29, 0.717) is 16.1 Å². The van der Waals surface area contributed by atoms with Gasteiger partial charge in [0.15, 0.2) is 12.4 Å². The normalized spacial score (nSPS) is 11.7. The quantitative estimate of drug-likeness (QED) is 0.261. The van der Waals surface area contributed by atoms with E-state index < -0.39 is 23.3 Å². The summed E-state index contributed by atoms with van der Waals surface area (Å²) in [5, 5.41) is 4.77. The summed E-state index contributed by atoms with van der Waals surface area (Å²) in [6.45, 7) is -0.383. The summed E-state index contributed by atoms with van der Waals surface area (Å²) in [4.78, 5) is 29.2. The first-order valence-electron chi connectivity index (χ1n) is 10.4. The lowest BCUT2D eigenvalue weighted by Crippen LogP contribution is -2.20. The van der Waals surface area contributed by atoms with Crippen molar-refractivity contribution in [2.24, 2.45) is 5.10 Å². The zero-order valence-electron chi connectivity index (χ0n) is 18.6. The summed E-state index contributed by atoms with van der Waals surface area (Å²) in [7, 11) is 1.21. The zero-order chi connectivity index (χ0) is 25.9. The Morgan fingerprint density at radius 1 is 1.11 bits per heavy atom. The van der Waals surface area contributed by atoms with Crippen LogP contribution in [0.2, 0.25) is 5.02 Å². The average molecular weight is 516 g/mol. The molecule has 0 aliphatic heterocycles. The van der Waals surface area contributed by atoms with Crippen molar-refractivity contribution in [1.82, 2.24) is 9.66 Å². The monoisotopic (exact) mass is 515 g/mol. The largest absolute Gasteiger partial charge is 0.481 e. The van der Waals surface area contributed by atoms with Crippen molar-refractivity contribution >= 4 is 34.7 Å². The van der Waals surface area contributed by atoms with Crippen molar-refractivity contribution in [3.8, 4) is 17.1 Å². The Labute approximate surface area is 207 Å². The molecule has 0 radical (unpaired) electrons. The Morgan fingerprint density at radius 3 is 2.64 bits per heavy atom. The summed E-state index contributed by atoms with van der Waals surface area (Å²) in [5.41, 5.74) is -0.847. The summed E-state index contributed by atoms with van der Waals surface area (Å²) in [5.74, 6) is -0.495. The zero-order valence-corrected chi connectivity index (χ0v) is 19.4. The van der Waals surface area contributed by atoms with Gasteiger partial charge in [-0.25, -0.2) is 9.78 Å². The van der Waals surface area contributed by atoms with Crippen LogP contribution in [0.1, 0.15) is 11.1 Å². The smallest absolute Gasteiger partial charge is 0.416 e. The Hall–Kier alpha value is -4.18. The third kappa shape index (κ3) is 5.38. The number of carbonyl (C=O) groups is 1. The van der Waals surface area contributed by atoms with Crippen molar-refractivity contribution in [3.05, 3.63) is 93.2 Å². The summed E-state index contributed by atoms with van der Waals surface area (Å²) < 4.78 is 51.0. The molecule has 0 unspecified atom stereocenters. The fourth-order valence-electron chi connectivity index (χ4n) is 3.32. The maximum Gasteiger partial charge on any atom is 0.416 e. The van der Waals surface area contributed by atoms with E-state index in [1.165, 1.54) is 49.7 Å².